The van der Waals surface area contributed by atoms with Crippen molar-refractivity contribution in [2.75, 3.05) is 24.4 Å². The lowest BCUT2D eigenvalue weighted by Crippen LogP contribution is -2.25. The number of nitrogens with one attached hydrogen (secondary N) is 1. The van der Waals surface area contributed by atoms with E-state index < -0.39 is 0 Å². The van der Waals surface area contributed by atoms with Crippen molar-refractivity contribution in [2.24, 2.45) is 5.92 Å². The van der Waals surface area contributed by atoms with Gasteiger partial charge in [-0.1, -0.05) is 0 Å². The first-order valence-electron chi connectivity index (χ1n) is 6.11. The number of aromatic nitrogens is 2. The number of halogens is 1. The lowest BCUT2D eigenvalue weighted by molar-refractivity contribution is -0.117. The molecule has 19 heavy (non-hydrogen) atoms. The highest BCUT2D eigenvalue weighted by Gasteiger charge is 2.31. The average molecular weight is 280 g/mol. The topological polar surface area (TPSA) is 58.2 Å². The number of hydrogen-bond donors (Lipinski definition) is 1. The van der Waals surface area contributed by atoms with E-state index in [0.717, 1.165) is 16.8 Å². The number of hydrogen-bond acceptors (Lipinski definition) is 3. The second-order valence-electron chi connectivity index (χ2n) is 4.67. The number of carbonyl (C=O) groups is 1. The van der Waals surface area contributed by atoms with Gasteiger partial charge in [0, 0.05) is 24.9 Å². The Morgan fingerprint density at radius 1 is 1.58 bits per heavy atom. The standard InChI is InChI=1S/C13H14ClN3O2/c1-19-9-2-3-10-11(5-9)16-13(15-10)17-7-8(6-14)4-12(17)18/h2-3,5,8H,4,6-7H2,1H3,(H,15,16). The second kappa shape index (κ2) is 4.74. The van der Waals surface area contributed by atoms with Crippen molar-refractivity contribution < 1.29 is 9.53 Å². The largest absolute Gasteiger partial charge is 0.497 e. The van der Waals surface area contributed by atoms with Gasteiger partial charge in [0.2, 0.25) is 11.9 Å². The van der Waals surface area contributed by atoms with Crippen LogP contribution in [0.3, 0.4) is 0 Å². The molecule has 1 aromatic carbocycles. The Kier molecular flexibility index (Phi) is 3.06. The lowest BCUT2D eigenvalue weighted by Gasteiger charge is -2.11. The minimum absolute atomic E-state index is 0.0664. The number of alkyl halides is 1. The van der Waals surface area contributed by atoms with Gasteiger partial charge in [-0.05, 0) is 18.1 Å². The maximum atomic E-state index is 11.9. The molecule has 1 fully saturated rings. The van der Waals surface area contributed by atoms with Crippen molar-refractivity contribution in [3.05, 3.63) is 18.2 Å². The van der Waals surface area contributed by atoms with Crippen LogP contribution in [0.15, 0.2) is 18.2 Å². The van der Waals surface area contributed by atoms with Crippen LogP contribution in [-0.4, -0.2) is 35.4 Å². The number of benzene rings is 1. The van der Waals surface area contributed by atoms with Gasteiger partial charge < -0.3 is 9.72 Å². The summed E-state index contributed by atoms with van der Waals surface area (Å²) < 4.78 is 5.17. The molecule has 2 heterocycles. The zero-order valence-electron chi connectivity index (χ0n) is 10.5. The van der Waals surface area contributed by atoms with Gasteiger partial charge in [-0.2, -0.15) is 0 Å². The molecule has 1 aliphatic heterocycles. The number of ether oxygens (including phenoxy) is 1. The molecule has 1 saturated heterocycles. The van der Waals surface area contributed by atoms with Crippen LogP contribution in [-0.2, 0) is 4.79 Å². The van der Waals surface area contributed by atoms with E-state index in [1.807, 2.05) is 18.2 Å². The molecular formula is C13H14ClN3O2. The molecule has 1 amide bonds. The van der Waals surface area contributed by atoms with Gasteiger partial charge in [-0.25, -0.2) is 4.98 Å². The fraction of sp³-hybridized carbons (Fsp3) is 0.385. The van der Waals surface area contributed by atoms with Crippen LogP contribution in [0.2, 0.25) is 0 Å². The first-order valence-corrected chi connectivity index (χ1v) is 6.65. The Morgan fingerprint density at radius 3 is 3.11 bits per heavy atom. The quantitative estimate of drug-likeness (QED) is 0.876. The molecule has 100 valence electrons. The van der Waals surface area contributed by atoms with Crippen LogP contribution in [0.1, 0.15) is 6.42 Å². The smallest absolute Gasteiger partial charge is 0.229 e. The molecule has 0 saturated carbocycles. The Balaban J connectivity index is 1.95. The SMILES string of the molecule is COc1ccc2nc(N3CC(CCl)CC3=O)[nH]c2c1. The number of aromatic amines is 1. The molecule has 1 N–H and O–H groups in total. The monoisotopic (exact) mass is 279 g/mol. The molecule has 0 spiro atoms. The first-order chi connectivity index (χ1) is 9.21. The summed E-state index contributed by atoms with van der Waals surface area (Å²) in [5.74, 6) is 2.11. The van der Waals surface area contributed by atoms with Gasteiger partial charge in [-0.15, -0.1) is 11.6 Å². The molecule has 0 aliphatic carbocycles. The zero-order valence-corrected chi connectivity index (χ0v) is 11.3. The van der Waals surface area contributed by atoms with Gasteiger partial charge >= 0.3 is 0 Å². The molecule has 1 unspecified atom stereocenters. The molecule has 1 atom stereocenters. The van der Waals surface area contributed by atoms with Crippen molar-refractivity contribution in [1.29, 1.82) is 0 Å². The Hall–Kier alpha value is -1.75. The fourth-order valence-electron chi connectivity index (χ4n) is 2.32. The molecule has 0 bridgehead atoms. The van der Waals surface area contributed by atoms with Crippen LogP contribution in [0.25, 0.3) is 11.0 Å². The molecular weight excluding hydrogens is 266 g/mol. The number of rotatable bonds is 3. The van der Waals surface area contributed by atoms with Gasteiger partial charge in [-0.3, -0.25) is 9.69 Å². The molecule has 1 aromatic heterocycles. The second-order valence-corrected chi connectivity index (χ2v) is 4.98. The summed E-state index contributed by atoms with van der Waals surface area (Å²) in [6.45, 7) is 0.624. The van der Waals surface area contributed by atoms with E-state index in [4.69, 9.17) is 16.3 Å². The van der Waals surface area contributed by atoms with Crippen LogP contribution < -0.4 is 9.64 Å². The van der Waals surface area contributed by atoms with Gasteiger partial charge in [0.1, 0.15) is 5.75 Å². The van der Waals surface area contributed by atoms with Gasteiger partial charge in [0.05, 0.1) is 18.1 Å². The maximum Gasteiger partial charge on any atom is 0.229 e. The van der Waals surface area contributed by atoms with E-state index in [1.54, 1.807) is 12.0 Å². The van der Waals surface area contributed by atoms with Crippen LogP contribution in [0.4, 0.5) is 5.95 Å². The number of amides is 1. The summed E-state index contributed by atoms with van der Waals surface area (Å²) in [4.78, 5) is 21.2. The number of imidazole rings is 1. The number of fused-ring (bicyclic) bond motifs is 1. The highest BCUT2D eigenvalue weighted by atomic mass is 35.5. The summed E-state index contributed by atoms with van der Waals surface area (Å²) in [6.07, 6.45) is 0.490. The highest BCUT2D eigenvalue weighted by Crippen LogP contribution is 2.27. The lowest BCUT2D eigenvalue weighted by atomic mass is 10.2. The Bertz CT molecular complexity index is 625. The highest BCUT2D eigenvalue weighted by molar-refractivity contribution is 6.18. The molecule has 3 rings (SSSR count). The minimum atomic E-state index is 0.0664. The number of H-pyrrole nitrogens is 1. The normalized spacial score (nSPS) is 19.4. The molecule has 2 aromatic rings. The molecule has 6 heteroatoms. The van der Waals surface area contributed by atoms with E-state index >= 15 is 0 Å². The number of nitrogens with zero attached hydrogens (tertiary/aromatic N) is 2. The number of methoxy groups -OCH3 is 1. The summed E-state index contributed by atoms with van der Waals surface area (Å²) in [5, 5.41) is 0. The van der Waals surface area contributed by atoms with E-state index in [-0.39, 0.29) is 11.8 Å². The molecule has 5 nitrogen and oxygen atoms in total. The summed E-state index contributed by atoms with van der Waals surface area (Å²) in [5.41, 5.74) is 1.68. The number of carbonyl (C=O) groups excluding carboxylic acids is 1. The third-order valence-electron chi connectivity index (χ3n) is 3.36. The third kappa shape index (κ3) is 2.14. The predicted molar refractivity (Wildman–Crippen MR) is 73.8 cm³/mol. The average Bonchev–Trinajstić information content (AvgIpc) is 3.00. The number of anilines is 1. The maximum absolute atomic E-state index is 11.9. The fourth-order valence-corrected chi connectivity index (χ4v) is 2.53. The van der Waals surface area contributed by atoms with Crippen molar-refractivity contribution >= 4 is 34.5 Å². The third-order valence-corrected chi connectivity index (χ3v) is 3.79. The van der Waals surface area contributed by atoms with E-state index in [1.165, 1.54) is 0 Å². The van der Waals surface area contributed by atoms with E-state index in [2.05, 4.69) is 9.97 Å². The summed E-state index contributed by atoms with van der Waals surface area (Å²) in [6, 6.07) is 5.58. The summed E-state index contributed by atoms with van der Waals surface area (Å²) in [7, 11) is 1.62. The van der Waals surface area contributed by atoms with E-state index in [9.17, 15) is 4.79 Å². The van der Waals surface area contributed by atoms with Gasteiger partial charge in [0.15, 0.2) is 0 Å². The van der Waals surface area contributed by atoms with Crippen LogP contribution in [0, 0.1) is 5.92 Å². The van der Waals surface area contributed by atoms with Crippen molar-refractivity contribution in [3.8, 4) is 5.75 Å². The predicted octanol–water partition coefficient (Wildman–Crippen LogP) is 2.16. The van der Waals surface area contributed by atoms with Crippen LogP contribution in [0.5, 0.6) is 5.75 Å². The minimum Gasteiger partial charge on any atom is -0.497 e. The van der Waals surface area contributed by atoms with E-state index in [0.29, 0.717) is 24.8 Å². The Morgan fingerprint density at radius 2 is 2.42 bits per heavy atom. The van der Waals surface area contributed by atoms with Crippen LogP contribution >= 0.6 is 11.6 Å². The first kappa shape index (κ1) is 12.3. The Labute approximate surface area is 115 Å². The van der Waals surface area contributed by atoms with Gasteiger partial charge in [0.25, 0.3) is 0 Å². The van der Waals surface area contributed by atoms with Crippen molar-refractivity contribution in [2.45, 2.75) is 6.42 Å². The molecule has 0 radical (unpaired) electrons. The van der Waals surface area contributed by atoms with Crippen molar-refractivity contribution in [3.63, 3.8) is 0 Å². The summed E-state index contributed by atoms with van der Waals surface area (Å²) >= 11 is 5.82. The zero-order chi connectivity index (χ0) is 13.4. The molecule has 1 aliphatic rings. The van der Waals surface area contributed by atoms with Crippen molar-refractivity contribution in [1.82, 2.24) is 9.97 Å².